The number of allylic oxidation sites excluding steroid dienone is 4. The van der Waals surface area contributed by atoms with Crippen molar-refractivity contribution in [1.29, 1.82) is 0 Å². The monoisotopic (exact) mass is 294 g/mol. The lowest BCUT2D eigenvalue weighted by Crippen LogP contribution is -2.42. The zero-order valence-electron chi connectivity index (χ0n) is 12.6. The van der Waals surface area contributed by atoms with Crippen LogP contribution in [-0.4, -0.2) is 11.2 Å². The normalized spacial score (nSPS) is 28.5. The predicted octanol–water partition coefficient (Wildman–Crippen LogP) is 5.44. The van der Waals surface area contributed by atoms with Crippen LogP contribution in [0, 0.1) is 11.3 Å². The van der Waals surface area contributed by atoms with Gasteiger partial charge in [0.05, 0.1) is 10.8 Å². The Morgan fingerprint density at radius 3 is 2.65 bits per heavy atom. The SMILES string of the molecule is CCCCC(Cl)C(=O)C1(C2CCCCC2)C=CC=CC1. The van der Waals surface area contributed by atoms with E-state index in [1.165, 1.54) is 32.1 Å². The Hall–Kier alpha value is -0.560. The Balaban J connectivity index is 2.16. The van der Waals surface area contributed by atoms with Crippen molar-refractivity contribution in [2.45, 2.75) is 70.1 Å². The quantitative estimate of drug-likeness (QED) is 0.596. The molecule has 0 aromatic heterocycles. The molecule has 20 heavy (non-hydrogen) atoms. The lowest BCUT2D eigenvalue weighted by atomic mass is 9.62. The lowest BCUT2D eigenvalue weighted by molar-refractivity contribution is -0.129. The topological polar surface area (TPSA) is 17.1 Å². The molecule has 1 fully saturated rings. The van der Waals surface area contributed by atoms with Gasteiger partial charge in [0.25, 0.3) is 0 Å². The van der Waals surface area contributed by atoms with Gasteiger partial charge in [-0.05, 0) is 31.6 Å². The number of ketones is 1. The van der Waals surface area contributed by atoms with Crippen LogP contribution in [0.3, 0.4) is 0 Å². The highest BCUT2D eigenvalue weighted by Gasteiger charge is 2.45. The molecular formula is C18H27ClO. The number of carbonyl (C=O) groups is 1. The molecule has 2 unspecified atom stereocenters. The Morgan fingerprint density at radius 2 is 2.05 bits per heavy atom. The first kappa shape index (κ1) is 15.8. The van der Waals surface area contributed by atoms with E-state index in [9.17, 15) is 4.79 Å². The van der Waals surface area contributed by atoms with E-state index in [-0.39, 0.29) is 16.6 Å². The average molecular weight is 295 g/mol. The molecule has 0 heterocycles. The third-order valence-corrected chi connectivity index (χ3v) is 5.40. The number of halogens is 1. The van der Waals surface area contributed by atoms with Gasteiger partial charge in [0, 0.05) is 0 Å². The van der Waals surface area contributed by atoms with Gasteiger partial charge in [-0.15, -0.1) is 11.6 Å². The van der Waals surface area contributed by atoms with Gasteiger partial charge >= 0.3 is 0 Å². The second kappa shape index (κ2) is 7.45. The maximum absolute atomic E-state index is 13.0. The van der Waals surface area contributed by atoms with Crippen molar-refractivity contribution >= 4 is 17.4 Å². The molecule has 2 aliphatic rings. The fraction of sp³-hybridized carbons (Fsp3) is 0.722. The van der Waals surface area contributed by atoms with Crippen molar-refractivity contribution in [2.75, 3.05) is 0 Å². The van der Waals surface area contributed by atoms with Crippen molar-refractivity contribution in [3.63, 3.8) is 0 Å². The van der Waals surface area contributed by atoms with Crippen LogP contribution in [0.25, 0.3) is 0 Å². The Morgan fingerprint density at radius 1 is 1.30 bits per heavy atom. The van der Waals surface area contributed by atoms with Crippen LogP contribution < -0.4 is 0 Å². The summed E-state index contributed by atoms with van der Waals surface area (Å²) in [6, 6.07) is 0. The average Bonchev–Trinajstić information content (AvgIpc) is 2.53. The first-order valence-electron chi connectivity index (χ1n) is 8.23. The van der Waals surface area contributed by atoms with Gasteiger partial charge in [-0.25, -0.2) is 0 Å². The second-order valence-electron chi connectivity index (χ2n) is 6.34. The van der Waals surface area contributed by atoms with Crippen molar-refractivity contribution in [3.05, 3.63) is 24.3 Å². The van der Waals surface area contributed by atoms with Crippen LogP contribution in [0.4, 0.5) is 0 Å². The Bertz CT molecular complexity index is 379. The lowest BCUT2D eigenvalue weighted by Gasteiger charge is -2.41. The van der Waals surface area contributed by atoms with E-state index in [4.69, 9.17) is 11.6 Å². The minimum atomic E-state index is -0.312. The number of carbonyl (C=O) groups excluding carboxylic acids is 1. The van der Waals surface area contributed by atoms with E-state index in [1.54, 1.807) is 0 Å². The molecule has 0 radical (unpaired) electrons. The zero-order valence-corrected chi connectivity index (χ0v) is 13.4. The molecule has 0 aliphatic heterocycles. The second-order valence-corrected chi connectivity index (χ2v) is 6.87. The molecule has 0 saturated heterocycles. The number of hydrogen-bond donors (Lipinski definition) is 0. The highest BCUT2D eigenvalue weighted by molar-refractivity contribution is 6.32. The molecule has 1 nitrogen and oxygen atoms in total. The first-order chi connectivity index (χ1) is 9.70. The third kappa shape index (κ3) is 3.36. The number of rotatable bonds is 6. The molecule has 2 rings (SSSR count). The fourth-order valence-corrected chi connectivity index (χ4v) is 4.10. The standard InChI is InChI=1S/C18H27ClO/c1-2-3-12-16(19)17(20)18(13-8-5-9-14-18)15-10-6-4-7-11-15/h5,8-9,13,15-16H,2-4,6-7,10-12,14H2,1H3. The first-order valence-corrected chi connectivity index (χ1v) is 8.67. The van der Waals surface area contributed by atoms with Crippen molar-refractivity contribution < 1.29 is 4.79 Å². The van der Waals surface area contributed by atoms with Gasteiger partial charge in [-0.3, -0.25) is 4.79 Å². The van der Waals surface area contributed by atoms with Gasteiger partial charge in [0.2, 0.25) is 0 Å². The van der Waals surface area contributed by atoms with E-state index in [0.717, 1.165) is 25.7 Å². The van der Waals surface area contributed by atoms with E-state index in [2.05, 4.69) is 31.2 Å². The van der Waals surface area contributed by atoms with Gasteiger partial charge < -0.3 is 0 Å². The summed E-state index contributed by atoms with van der Waals surface area (Å²) in [5.41, 5.74) is -0.310. The molecular weight excluding hydrogens is 268 g/mol. The van der Waals surface area contributed by atoms with Gasteiger partial charge in [0.15, 0.2) is 5.78 Å². The highest BCUT2D eigenvalue weighted by Crippen LogP contribution is 2.46. The van der Waals surface area contributed by atoms with Gasteiger partial charge in [0.1, 0.15) is 0 Å². The van der Waals surface area contributed by atoms with Crippen molar-refractivity contribution in [1.82, 2.24) is 0 Å². The van der Waals surface area contributed by atoms with Crippen LogP contribution in [0.1, 0.15) is 64.7 Å². The molecule has 1 saturated carbocycles. The summed E-state index contributed by atoms with van der Waals surface area (Å²) in [6.07, 6.45) is 18.4. The molecule has 0 spiro atoms. The van der Waals surface area contributed by atoms with E-state index in [1.807, 2.05) is 0 Å². The summed E-state index contributed by atoms with van der Waals surface area (Å²) < 4.78 is 0. The van der Waals surface area contributed by atoms with Crippen molar-refractivity contribution in [3.8, 4) is 0 Å². The molecule has 2 atom stereocenters. The molecule has 2 aliphatic carbocycles. The zero-order chi connectivity index (χ0) is 14.4. The maximum Gasteiger partial charge on any atom is 0.161 e. The smallest absolute Gasteiger partial charge is 0.161 e. The van der Waals surface area contributed by atoms with Crippen LogP contribution in [0.2, 0.25) is 0 Å². The highest BCUT2D eigenvalue weighted by atomic mass is 35.5. The van der Waals surface area contributed by atoms with Crippen LogP contribution in [-0.2, 0) is 4.79 Å². The van der Waals surface area contributed by atoms with Gasteiger partial charge in [-0.1, -0.05) is 63.3 Å². The maximum atomic E-state index is 13.0. The van der Waals surface area contributed by atoms with Crippen LogP contribution in [0.5, 0.6) is 0 Å². The summed E-state index contributed by atoms with van der Waals surface area (Å²) in [5, 5.41) is -0.312. The number of hydrogen-bond acceptors (Lipinski definition) is 1. The molecule has 0 aromatic rings. The minimum absolute atomic E-state index is 0.278. The van der Waals surface area contributed by atoms with Crippen LogP contribution >= 0.6 is 11.6 Å². The summed E-state index contributed by atoms with van der Waals surface area (Å²) in [6.45, 7) is 2.15. The van der Waals surface area contributed by atoms with E-state index < -0.39 is 0 Å². The van der Waals surface area contributed by atoms with Crippen molar-refractivity contribution in [2.24, 2.45) is 11.3 Å². The summed E-state index contributed by atoms with van der Waals surface area (Å²) in [7, 11) is 0. The Labute approximate surface area is 128 Å². The number of alkyl halides is 1. The molecule has 112 valence electrons. The molecule has 0 aromatic carbocycles. The minimum Gasteiger partial charge on any atom is -0.297 e. The summed E-state index contributed by atoms with van der Waals surface area (Å²) >= 11 is 6.44. The van der Waals surface area contributed by atoms with Crippen LogP contribution in [0.15, 0.2) is 24.3 Å². The third-order valence-electron chi connectivity index (χ3n) is 4.98. The molecule has 2 heteroatoms. The molecule has 0 N–H and O–H groups in total. The Kier molecular flexibility index (Phi) is 5.89. The van der Waals surface area contributed by atoms with E-state index >= 15 is 0 Å². The number of unbranched alkanes of at least 4 members (excludes halogenated alkanes) is 1. The molecule has 0 amide bonds. The predicted molar refractivity (Wildman–Crippen MR) is 86.1 cm³/mol. The van der Waals surface area contributed by atoms with Gasteiger partial charge in [-0.2, -0.15) is 0 Å². The summed E-state index contributed by atoms with van der Waals surface area (Å²) in [5.74, 6) is 0.771. The fourth-order valence-electron chi connectivity index (χ4n) is 3.75. The number of Topliss-reactive ketones (excluding diaryl/α,β-unsaturated/α-hetero) is 1. The summed E-state index contributed by atoms with van der Waals surface area (Å²) in [4.78, 5) is 13.0. The largest absolute Gasteiger partial charge is 0.297 e. The molecule has 0 bridgehead atoms. The van der Waals surface area contributed by atoms with E-state index in [0.29, 0.717) is 5.92 Å².